The van der Waals surface area contributed by atoms with Crippen molar-refractivity contribution in [1.29, 1.82) is 0 Å². The minimum Gasteiger partial charge on any atom is -0.478 e. The number of rotatable bonds is 4. The molecule has 1 aromatic carbocycles. The Morgan fingerprint density at radius 2 is 2.12 bits per heavy atom. The fourth-order valence-corrected chi connectivity index (χ4v) is 1.29. The molecule has 0 atom stereocenters. The van der Waals surface area contributed by atoms with E-state index in [0.717, 1.165) is 6.07 Å². The van der Waals surface area contributed by atoms with E-state index in [-0.39, 0.29) is 11.8 Å². The van der Waals surface area contributed by atoms with Crippen LogP contribution in [0.25, 0.3) is 0 Å². The van der Waals surface area contributed by atoms with Crippen LogP contribution in [0.2, 0.25) is 0 Å². The summed E-state index contributed by atoms with van der Waals surface area (Å²) in [5.41, 5.74) is -0.285. The van der Waals surface area contributed by atoms with Crippen molar-refractivity contribution >= 4 is 12.3 Å². The van der Waals surface area contributed by atoms with E-state index >= 15 is 0 Å². The zero-order chi connectivity index (χ0) is 12.3. The van der Waals surface area contributed by atoms with Gasteiger partial charge >= 0.3 is 12.6 Å². The SMILES string of the molecule is Cc1cc(C=O)c(C(=O)O)c(OC(F)F)c1. The van der Waals surface area contributed by atoms with E-state index in [4.69, 9.17) is 5.11 Å². The highest BCUT2D eigenvalue weighted by Crippen LogP contribution is 2.25. The van der Waals surface area contributed by atoms with Crippen LogP contribution in [0.3, 0.4) is 0 Å². The molecule has 1 rings (SSSR count). The van der Waals surface area contributed by atoms with Crippen LogP contribution in [0.5, 0.6) is 5.75 Å². The molecule has 6 heteroatoms. The summed E-state index contributed by atoms with van der Waals surface area (Å²) in [6.07, 6.45) is 0.286. The average Bonchev–Trinajstić information content (AvgIpc) is 2.14. The minimum atomic E-state index is -3.14. The summed E-state index contributed by atoms with van der Waals surface area (Å²) >= 11 is 0. The molecule has 0 saturated carbocycles. The zero-order valence-electron chi connectivity index (χ0n) is 8.24. The largest absolute Gasteiger partial charge is 0.478 e. The van der Waals surface area contributed by atoms with Crippen LogP contribution in [0.15, 0.2) is 12.1 Å². The second kappa shape index (κ2) is 4.69. The first kappa shape index (κ1) is 12.1. The maximum absolute atomic E-state index is 12.0. The Bertz CT molecular complexity index is 429. The lowest BCUT2D eigenvalue weighted by atomic mass is 10.0. The van der Waals surface area contributed by atoms with Crippen molar-refractivity contribution < 1.29 is 28.2 Å². The number of alkyl halides is 2. The van der Waals surface area contributed by atoms with Gasteiger partial charge in [-0.05, 0) is 24.6 Å². The number of carbonyl (C=O) groups excluding carboxylic acids is 1. The van der Waals surface area contributed by atoms with Crippen molar-refractivity contribution in [2.24, 2.45) is 0 Å². The monoisotopic (exact) mass is 230 g/mol. The third-order valence-electron chi connectivity index (χ3n) is 1.83. The Morgan fingerprint density at radius 1 is 1.50 bits per heavy atom. The Balaban J connectivity index is 3.37. The van der Waals surface area contributed by atoms with Gasteiger partial charge in [0.1, 0.15) is 11.3 Å². The summed E-state index contributed by atoms with van der Waals surface area (Å²) in [7, 11) is 0. The first-order chi connectivity index (χ1) is 7.45. The molecule has 0 heterocycles. The molecular formula is C10H8F2O4. The van der Waals surface area contributed by atoms with E-state index in [1.54, 1.807) is 0 Å². The second-order valence-corrected chi connectivity index (χ2v) is 3.03. The van der Waals surface area contributed by atoms with Crippen LogP contribution in [-0.2, 0) is 0 Å². The summed E-state index contributed by atoms with van der Waals surface area (Å²) in [5, 5.41) is 8.80. The van der Waals surface area contributed by atoms with E-state index in [0.29, 0.717) is 5.56 Å². The highest BCUT2D eigenvalue weighted by atomic mass is 19.3. The number of halogens is 2. The highest BCUT2D eigenvalue weighted by molar-refractivity contribution is 6.00. The Hall–Kier alpha value is -1.98. The maximum Gasteiger partial charge on any atom is 0.387 e. The predicted molar refractivity (Wildman–Crippen MR) is 50.2 cm³/mol. The van der Waals surface area contributed by atoms with Crippen molar-refractivity contribution in [1.82, 2.24) is 0 Å². The average molecular weight is 230 g/mol. The van der Waals surface area contributed by atoms with E-state index < -0.39 is 23.9 Å². The number of hydrogen-bond acceptors (Lipinski definition) is 3. The number of carbonyl (C=O) groups is 2. The van der Waals surface area contributed by atoms with E-state index in [2.05, 4.69) is 4.74 Å². The number of ether oxygens (including phenoxy) is 1. The van der Waals surface area contributed by atoms with Gasteiger partial charge in [-0.3, -0.25) is 4.79 Å². The molecular weight excluding hydrogens is 222 g/mol. The quantitative estimate of drug-likeness (QED) is 0.804. The second-order valence-electron chi connectivity index (χ2n) is 3.03. The Labute approximate surface area is 89.5 Å². The van der Waals surface area contributed by atoms with E-state index in [1.807, 2.05) is 0 Å². The molecule has 1 aromatic rings. The molecule has 0 aliphatic heterocycles. The summed E-state index contributed by atoms with van der Waals surface area (Å²) in [5.74, 6) is -2.00. The third kappa shape index (κ3) is 2.53. The number of benzene rings is 1. The molecule has 0 amide bonds. The van der Waals surface area contributed by atoms with Crippen molar-refractivity contribution in [2.75, 3.05) is 0 Å². The molecule has 0 bridgehead atoms. The maximum atomic E-state index is 12.0. The van der Waals surface area contributed by atoms with Gasteiger partial charge in [0.05, 0.1) is 0 Å². The van der Waals surface area contributed by atoms with Crippen LogP contribution in [0, 0.1) is 6.92 Å². The smallest absolute Gasteiger partial charge is 0.387 e. The van der Waals surface area contributed by atoms with Crippen molar-refractivity contribution in [3.05, 3.63) is 28.8 Å². The number of aryl methyl sites for hydroxylation is 1. The Kier molecular flexibility index (Phi) is 3.55. The van der Waals surface area contributed by atoms with Crippen LogP contribution in [0.4, 0.5) is 8.78 Å². The van der Waals surface area contributed by atoms with Crippen molar-refractivity contribution in [3.63, 3.8) is 0 Å². The molecule has 0 aliphatic rings. The number of hydrogen-bond donors (Lipinski definition) is 1. The number of carboxylic acids is 1. The first-order valence-corrected chi connectivity index (χ1v) is 4.23. The van der Waals surface area contributed by atoms with E-state index in [1.165, 1.54) is 13.0 Å². The lowest BCUT2D eigenvalue weighted by Crippen LogP contribution is -2.10. The van der Waals surface area contributed by atoms with Gasteiger partial charge in [0.2, 0.25) is 0 Å². The van der Waals surface area contributed by atoms with Crippen LogP contribution in [0.1, 0.15) is 26.3 Å². The molecule has 0 spiro atoms. The van der Waals surface area contributed by atoms with Crippen molar-refractivity contribution in [2.45, 2.75) is 13.5 Å². The lowest BCUT2D eigenvalue weighted by Gasteiger charge is -2.10. The number of carboxylic acid groups (broad SMARTS) is 1. The fourth-order valence-electron chi connectivity index (χ4n) is 1.29. The summed E-state index contributed by atoms with van der Waals surface area (Å²) in [4.78, 5) is 21.4. The molecule has 0 saturated heterocycles. The number of aromatic carboxylic acids is 1. The molecule has 0 aliphatic carbocycles. The molecule has 0 radical (unpaired) electrons. The van der Waals surface area contributed by atoms with Crippen LogP contribution in [-0.4, -0.2) is 24.0 Å². The Morgan fingerprint density at radius 3 is 2.56 bits per heavy atom. The molecule has 16 heavy (non-hydrogen) atoms. The fraction of sp³-hybridized carbons (Fsp3) is 0.200. The molecule has 86 valence electrons. The first-order valence-electron chi connectivity index (χ1n) is 4.23. The van der Waals surface area contributed by atoms with Gasteiger partial charge in [-0.25, -0.2) is 4.79 Å². The summed E-state index contributed by atoms with van der Waals surface area (Å²) < 4.78 is 28.1. The standard InChI is InChI=1S/C10H8F2O4/c1-5-2-6(4-13)8(9(14)15)7(3-5)16-10(11)12/h2-4,10H,1H3,(H,14,15). The lowest BCUT2D eigenvalue weighted by molar-refractivity contribution is -0.0503. The van der Waals surface area contributed by atoms with Gasteiger partial charge in [0, 0.05) is 5.56 Å². The third-order valence-corrected chi connectivity index (χ3v) is 1.83. The summed E-state index contributed by atoms with van der Waals surface area (Å²) in [6, 6.07) is 2.43. The van der Waals surface area contributed by atoms with Gasteiger partial charge in [-0.2, -0.15) is 8.78 Å². The number of aldehydes is 1. The molecule has 0 unspecified atom stereocenters. The van der Waals surface area contributed by atoms with Crippen LogP contribution >= 0.6 is 0 Å². The summed E-state index contributed by atoms with van der Waals surface area (Å²) in [6.45, 7) is -1.60. The van der Waals surface area contributed by atoms with Gasteiger partial charge in [-0.1, -0.05) is 0 Å². The van der Waals surface area contributed by atoms with Crippen molar-refractivity contribution in [3.8, 4) is 5.75 Å². The van der Waals surface area contributed by atoms with Crippen LogP contribution < -0.4 is 4.74 Å². The highest BCUT2D eigenvalue weighted by Gasteiger charge is 2.19. The van der Waals surface area contributed by atoms with Gasteiger partial charge in [0.25, 0.3) is 0 Å². The molecule has 0 aromatic heterocycles. The normalized spacial score (nSPS) is 10.2. The van der Waals surface area contributed by atoms with E-state index in [9.17, 15) is 18.4 Å². The molecule has 1 N–H and O–H groups in total. The van der Waals surface area contributed by atoms with Gasteiger partial charge in [-0.15, -0.1) is 0 Å². The van der Waals surface area contributed by atoms with Gasteiger partial charge in [0.15, 0.2) is 6.29 Å². The molecule has 0 fully saturated rings. The minimum absolute atomic E-state index is 0.192. The van der Waals surface area contributed by atoms with Gasteiger partial charge < -0.3 is 9.84 Å². The topological polar surface area (TPSA) is 63.6 Å². The molecule has 4 nitrogen and oxygen atoms in total. The predicted octanol–water partition coefficient (Wildman–Crippen LogP) is 2.11. The zero-order valence-corrected chi connectivity index (χ0v) is 8.24.